The second-order valence-electron chi connectivity index (χ2n) is 7.14. The van der Waals surface area contributed by atoms with Crippen LogP contribution in [0.3, 0.4) is 0 Å². The number of ether oxygens (including phenoxy) is 1. The summed E-state index contributed by atoms with van der Waals surface area (Å²) >= 11 is 0. The van der Waals surface area contributed by atoms with Crippen LogP contribution in [-0.2, 0) is 4.79 Å². The van der Waals surface area contributed by atoms with Gasteiger partial charge in [0.2, 0.25) is 5.91 Å². The number of pyridine rings is 2. The fourth-order valence-electron chi connectivity index (χ4n) is 2.15. The fraction of sp³-hybridized carbons (Fsp3) is 0.200. The van der Waals surface area contributed by atoms with Crippen molar-refractivity contribution in [2.45, 2.75) is 20.8 Å². The van der Waals surface area contributed by atoms with Gasteiger partial charge >= 0.3 is 6.03 Å². The summed E-state index contributed by atoms with van der Waals surface area (Å²) in [5, 5.41) is 4.77. The van der Waals surface area contributed by atoms with E-state index in [0.29, 0.717) is 17.2 Å². The average Bonchev–Trinajstić information content (AvgIpc) is 2.69. The van der Waals surface area contributed by atoms with E-state index in [1.54, 1.807) is 63.6 Å². The normalized spacial score (nSPS) is 10.9. The van der Waals surface area contributed by atoms with Crippen LogP contribution in [-0.4, -0.2) is 31.9 Å². The van der Waals surface area contributed by atoms with Crippen LogP contribution < -0.4 is 15.4 Å². The van der Waals surface area contributed by atoms with Crippen molar-refractivity contribution < 1.29 is 14.3 Å². The second-order valence-corrected chi connectivity index (χ2v) is 7.14. The van der Waals surface area contributed by atoms with Gasteiger partial charge in [0.1, 0.15) is 23.6 Å². The molecule has 3 rings (SSSR count). The van der Waals surface area contributed by atoms with Gasteiger partial charge < -0.3 is 4.74 Å². The van der Waals surface area contributed by atoms with E-state index < -0.39 is 11.4 Å². The third-order valence-electron chi connectivity index (χ3n) is 3.71. The predicted molar refractivity (Wildman–Crippen MR) is 106 cm³/mol. The highest BCUT2D eigenvalue weighted by Gasteiger charge is 2.23. The van der Waals surface area contributed by atoms with E-state index in [4.69, 9.17) is 4.74 Å². The summed E-state index contributed by atoms with van der Waals surface area (Å²) in [6.45, 7) is 5.15. The zero-order valence-electron chi connectivity index (χ0n) is 16.2. The topological polar surface area (TPSA) is 119 Å². The fourth-order valence-corrected chi connectivity index (χ4v) is 2.15. The molecule has 0 aliphatic rings. The van der Waals surface area contributed by atoms with Gasteiger partial charge in [0.25, 0.3) is 0 Å². The quantitative estimate of drug-likeness (QED) is 0.698. The van der Waals surface area contributed by atoms with Crippen molar-refractivity contribution in [3.63, 3.8) is 0 Å². The van der Waals surface area contributed by atoms with Crippen molar-refractivity contribution in [3.8, 4) is 22.8 Å². The molecule has 0 aromatic carbocycles. The van der Waals surface area contributed by atoms with Crippen molar-refractivity contribution in [2.75, 3.05) is 5.32 Å². The standard InChI is InChI=1S/C20H20N6O3/c1-20(2,3)18(27)26-19(28)25-17-5-4-15(11-24-17)29-14-6-7-23-16(8-14)13-9-21-12-22-10-13/h4-12H,1-3H3,(H2,24,25,26,27,28). The molecule has 0 unspecified atom stereocenters. The van der Waals surface area contributed by atoms with E-state index in [-0.39, 0.29) is 11.7 Å². The van der Waals surface area contributed by atoms with Crippen LogP contribution in [0.2, 0.25) is 0 Å². The molecule has 3 aromatic heterocycles. The van der Waals surface area contributed by atoms with E-state index in [1.807, 2.05) is 0 Å². The molecule has 0 spiro atoms. The number of nitrogens with zero attached hydrogens (tertiary/aromatic N) is 4. The molecule has 0 saturated carbocycles. The van der Waals surface area contributed by atoms with Gasteiger partial charge in [-0.15, -0.1) is 0 Å². The molecule has 9 heteroatoms. The van der Waals surface area contributed by atoms with E-state index in [1.165, 1.54) is 12.5 Å². The smallest absolute Gasteiger partial charge is 0.327 e. The van der Waals surface area contributed by atoms with Crippen molar-refractivity contribution in [3.05, 3.63) is 55.4 Å². The Morgan fingerprint density at radius 2 is 1.72 bits per heavy atom. The molecule has 3 aromatic rings. The van der Waals surface area contributed by atoms with Crippen LogP contribution in [0.5, 0.6) is 11.5 Å². The van der Waals surface area contributed by atoms with Crippen LogP contribution >= 0.6 is 0 Å². The Bertz CT molecular complexity index is 1000. The molecule has 29 heavy (non-hydrogen) atoms. The number of anilines is 1. The van der Waals surface area contributed by atoms with Gasteiger partial charge in [-0.25, -0.2) is 19.7 Å². The maximum Gasteiger partial charge on any atom is 0.327 e. The first-order valence-corrected chi connectivity index (χ1v) is 8.79. The highest BCUT2D eigenvalue weighted by atomic mass is 16.5. The summed E-state index contributed by atoms with van der Waals surface area (Å²) in [4.78, 5) is 40.1. The molecule has 2 N–H and O–H groups in total. The molecule has 0 fully saturated rings. The lowest BCUT2D eigenvalue weighted by atomic mass is 9.96. The summed E-state index contributed by atoms with van der Waals surface area (Å²) in [5.41, 5.74) is 0.776. The molecule has 0 atom stereocenters. The lowest BCUT2D eigenvalue weighted by molar-refractivity contribution is -0.127. The monoisotopic (exact) mass is 392 g/mol. The summed E-state index contributed by atoms with van der Waals surface area (Å²) in [6, 6.07) is 6.06. The summed E-state index contributed by atoms with van der Waals surface area (Å²) in [5.74, 6) is 0.943. The predicted octanol–water partition coefficient (Wildman–Crippen LogP) is 3.42. The molecule has 0 aliphatic heterocycles. The van der Waals surface area contributed by atoms with Gasteiger partial charge in [0, 0.05) is 35.6 Å². The summed E-state index contributed by atoms with van der Waals surface area (Å²) in [7, 11) is 0. The average molecular weight is 392 g/mol. The first kappa shape index (κ1) is 19.9. The zero-order valence-corrected chi connectivity index (χ0v) is 16.2. The van der Waals surface area contributed by atoms with Crippen molar-refractivity contribution in [2.24, 2.45) is 5.41 Å². The minimum Gasteiger partial charge on any atom is -0.456 e. The van der Waals surface area contributed by atoms with Gasteiger partial charge in [-0.1, -0.05) is 20.8 Å². The number of urea groups is 1. The van der Waals surface area contributed by atoms with Gasteiger partial charge in [-0.05, 0) is 18.2 Å². The molecule has 9 nitrogen and oxygen atoms in total. The van der Waals surface area contributed by atoms with Gasteiger partial charge in [-0.2, -0.15) is 0 Å². The number of hydrogen-bond donors (Lipinski definition) is 2. The lowest BCUT2D eigenvalue weighted by Crippen LogP contribution is -2.41. The number of imide groups is 1. The minimum atomic E-state index is -0.669. The number of aromatic nitrogens is 4. The Labute approximate surface area is 167 Å². The number of rotatable bonds is 4. The van der Waals surface area contributed by atoms with E-state index in [2.05, 4.69) is 30.6 Å². The molecule has 3 heterocycles. The van der Waals surface area contributed by atoms with Crippen LogP contribution in [0.4, 0.5) is 10.6 Å². The van der Waals surface area contributed by atoms with Crippen molar-refractivity contribution in [1.82, 2.24) is 25.3 Å². The Hall–Kier alpha value is -3.88. The number of amides is 3. The van der Waals surface area contributed by atoms with Crippen molar-refractivity contribution in [1.29, 1.82) is 0 Å². The number of nitrogens with one attached hydrogen (secondary N) is 2. The van der Waals surface area contributed by atoms with Crippen LogP contribution in [0.1, 0.15) is 20.8 Å². The van der Waals surface area contributed by atoms with Gasteiger partial charge in [0.15, 0.2) is 0 Å². The number of carbonyl (C=O) groups excluding carboxylic acids is 2. The molecular formula is C20H20N6O3. The Morgan fingerprint density at radius 1 is 0.966 bits per heavy atom. The van der Waals surface area contributed by atoms with Gasteiger partial charge in [0.05, 0.1) is 11.9 Å². The number of carbonyl (C=O) groups is 2. The van der Waals surface area contributed by atoms with E-state index >= 15 is 0 Å². The van der Waals surface area contributed by atoms with Crippen LogP contribution in [0.25, 0.3) is 11.3 Å². The molecule has 0 saturated heterocycles. The Balaban J connectivity index is 1.63. The summed E-state index contributed by atoms with van der Waals surface area (Å²) in [6.07, 6.45) is 7.86. The third-order valence-corrected chi connectivity index (χ3v) is 3.71. The third kappa shape index (κ3) is 5.55. The Kier molecular flexibility index (Phi) is 5.77. The molecule has 3 amide bonds. The first-order chi connectivity index (χ1) is 13.8. The lowest BCUT2D eigenvalue weighted by Gasteiger charge is -2.16. The van der Waals surface area contributed by atoms with E-state index in [0.717, 1.165) is 5.56 Å². The molecule has 0 bridgehead atoms. The van der Waals surface area contributed by atoms with Gasteiger partial charge in [-0.3, -0.25) is 20.4 Å². The molecule has 0 aliphatic carbocycles. The SMILES string of the molecule is CC(C)(C)C(=O)NC(=O)Nc1ccc(Oc2ccnc(-c3cncnc3)c2)cn1. The zero-order chi connectivity index (χ0) is 20.9. The maximum atomic E-state index is 11.9. The van der Waals surface area contributed by atoms with E-state index in [9.17, 15) is 9.59 Å². The summed E-state index contributed by atoms with van der Waals surface area (Å²) < 4.78 is 5.78. The number of hydrogen-bond acceptors (Lipinski definition) is 7. The van der Waals surface area contributed by atoms with Crippen LogP contribution in [0.15, 0.2) is 55.4 Å². The second kappa shape index (κ2) is 8.42. The first-order valence-electron chi connectivity index (χ1n) is 8.79. The largest absolute Gasteiger partial charge is 0.456 e. The molecular weight excluding hydrogens is 372 g/mol. The van der Waals surface area contributed by atoms with Crippen molar-refractivity contribution >= 4 is 17.8 Å². The minimum absolute atomic E-state index is 0.286. The molecule has 148 valence electrons. The Morgan fingerprint density at radius 3 is 2.38 bits per heavy atom. The highest BCUT2D eigenvalue weighted by molar-refractivity contribution is 6.02. The highest BCUT2D eigenvalue weighted by Crippen LogP contribution is 2.25. The van der Waals surface area contributed by atoms with Crippen LogP contribution in [0, 0.1) is 5.41 Å². The molecule has 0 radical (unpaired) electrons. The maximum absolute atomic E-state index is 11.9.